The van der Waals surface area contributed by atoms with Crippen molar-refractivity contribution in [3.05, 3.63) is 42.2 Å². The Labute approximate surface area is 125 Å². The smallest absolute Gasteiger partial charge is 0.138 e. The zero-order valence-corrected chi connectivity index (χ0v) is 12.4. The molecule has 0 aliphatic heterocycles. The summed E-state index contributed by atoms with van der Waals surface area (Å²) in [7, 11) is 1.84. The first-order valence-corrected chi connectivity index (χ1v) is 7.03. The SMILES string of the molecule is CCc1nc(NC)cc(N(CCC#N)c2ccccc2)n1. The summed E-state index contributed by atoms with van der Waals surface area (Å²) in [5.74, 6) is 2.39. The van der Waals surface area contributed by atoms with Crippen LogP contribution in [0.2, 0.25) is 0 Å². The van der Waals surface area contributed by atoms with E-state index in [1.807, 2.05) is 55.3 Å². The van der Waals surface area contributed by atoms with Crippen LogP contribution in [0.3, 0.4) is 0 Å². The van der Waals surface area contributed by atoms with Crippen molar-refractivity contribution in [1.82, 2.24) is 9.97 Å². The zero-order chi connectivity index (χ0) is 15.1. The molecule has 1 N–H and O–H groups in total. The van der Waals surface area contributed by atoms with Crippen LogP contribution in [0, 0.1) is 11.3 Å². The van der Waals surface area contributed by atoms with E-state index >= 15 is 0 Å². The number of nitriles is 1. The quantitative estimate of drug-likeness (QED) is 0.881. The second kappa shape index (κ2) is 7.25. The van der Waals surface area contributed by atoms with Gasteiger partial charge in [-0.2, -0.15) is 5.26 Å². The van der Waals surface area contributed by atoms with Crippen LogP contribution < -0.4 is 10.2 Å². The van der Waals surface area contributed by atoms with Crippen molar-refractivity contribution in [3.8, 4) is 6.07 Å². The molecule has 0 saturated heterocycles. The summed E-state index contributed by atoms with van der Waals surface area (Å²) in [6, 6.07) is 14.1. The lowest BCUT2D eigenvalue weighted by atomic mass is 10.2. The van der Waals surface area contributed by atoms with Gasteiger partial charge in [-0.15, -0.1) is 0 Å². The van der Waals surface area contributed by atoms with Gasteiger partial charge in [-0.25, -0.2) is 9.97 Å². The van der Waals surface area contributed by atoms with Crippen molar-refractivity contribution in [3.63, 3.8) is 0 Å². The van der Waals surface area contributed by atoms with Gasteiger partial charge in [-0.3, -0.25) is 0 Å². The number of para-hydroxylation sites is 1. The molecule has 5 nitrogen and oxygen atoms in total. The number of nitrogens with zero attached hydrogens (tertiary/aromatic N) is 4. The van der Waals surface area contributed by atoms with E-state index in [9.17, 15) is 0 Å². The van der Waals surface area contributed by atoms with Crippen molar-refractivity contribution in [2.24, 2.45) is 0 Å². The Balaban J connectivity index is 2.43. The molecule has 0 unspecified atom stereocenters. The topological polar surface area (TPSA) is 64.8 Å². The van der Waals surface area contributed by atoms with Crippen LogP contribution >= 0.6 is 0 Å². The molecule has 0 radical (unpaired) electrons. The van der Waals surface area contributed by atoms with Crippen molar-refractivity contribution < 1.29 is 0 Å². The molecule has 2 rings (SSSR count). The van der Waals surface area contributed by atoms with Gasteiger partial charge in [0.05, 0.1) is 12.5 Å². The summed E-state index contributed by atoms with van der Waals surface area (Å²) < 4.78 is 0. The standard InChI is InChI=1S/C16H19N5/c1-3-14-19-15(18-2)12-16(20-14)21(11-7-10-17)13-8-5-4-6-9-13/h4-6,8-9,12H,3,7,11H2,1-2H3,(H,18,19,20). The minimum absolute atomic E-state index is 0.440. The van der Waals surface area contributed by atoms with E-state index in [2.05, 4.69) is 21.4 Å². The molecule has 0 saturated carbocycles. The third kappa shape index (κ3) is 3.69. The molecule has 1 heterocycles. The van der Waals surface area contributed by atoms with E-state index < -0.39 is 0 Å². The monoisotopic (exact) mass is 281 g/mol. The lowest BCUT2D eigenvalue weighted by Crippen LogP contribution is -2.20. The van der Waals surface area contributed by atoms with Gasteiger partial charge in [0, 0.05) is 31.8 Å². The molecular formula is C16H19N5. The Kier molecular flexibility index (Phi) is 5.10. The predicted molar refractivity (Wildman–Crippen MR) is 84.6 cm³/mol. The highest BCUT2D eigenvalue weighted by Crippen LogP contribution is 2.25. The van der Waals surface area contributed by atoms with Crippen LogP contribution in [0.25, 0.3) is 0 Å². The van der Waals surface area contributed by atoms with E-state index in [1.54, 1.807) is 0 Å². The molecule has 0 fully saturated rings. The third-order valence-corrected chi connectivity index (χ3v) is 3.12. The van der Waals surface area contributed by atoms with Gasteiger partial charge in [0.2, 0.25) is 0 Å². The summed E-state index contributed by atoms with van der Waals surface area (Å²) in [4.78, 5) is 11.1. The summed E-state index contributed by atoms with van der Waals surface area (Å²) in [5, 5.41) is 12.0. The zero-order valence-electron chi connectivity index (χ0n) is 12.4. The van der Waals surface area contributed by atoms with Gasteiger partial charge in [-0.1, -0.05) is 25.1 Å². The van der Waals surface area contributed by atoms with Crippen LogP contribution in [0.5, 0.6) is 0 Å². The molecule has 0 amide bonds. The first kappa shape index (κ1) is 14.8. The maximum Gasteiger partial charge on any atom is 0.138 e. The van der Waals surface area contributed by atoms with Crippen LogP contribution in [-0.2, 0) is 6.42 Å². The Morgan fingerprint density at radius 1 is 1.24 bits per heavy atom. The van der Waals surface area contributed by atoms with Gasteiger partial charge in [0.15, 0.2) is 0 Å². The van der Waals surface area contributed by atoms with Crippen molar-refractivity contribution >= 4 is 17.3 Å². The Morgan fingerprint density at radius 3 is 2.62 bits per heavy atom. The molecule has 1 aromatic heterocycles. The average Bonchev–Trinajstić information content (AvgIpc) is 2.55. The minimum Gasteiger partial charge on any atom is -0.373 e. The largest absolute Gasteiger partial charge is 0.373 e. The van der Waals surface area contributed by atoms with E-state index in [0.29, 0.717) is 13.0 Å². The first-order valence-electron chi connectivity index (χ1n) is 7.03. The average molecular weight is 281 g/mol. The summed E-state index contributed by atoms with van der Waals surface area (Å²) in [6.07, 6.45) is 1.21. The van der Waals surface area contributed by atoms with Gasteiger partial charge >= 0.3 is 0 Å². The molecule has 108 valence electrons. The number of nitrogens with one attached hydrogen (secondary N) is 1. The molecule has 0 spiro atoms. The number of rotatable bonds is 6. The lowest BCUT2D eigenvalue weighted by Gasteiger charge is -2.23. The maximum absolute atomic E-state index is 8.89. The summed E-state index contributed by atoms with van der Waals surface area (Å²) in [6.45, 7) is 2.63. The minimum atomic E-state index is 0.440. The molecule has 1 aromatic carbocycles. The number of aryl methyl sites for hydroxylation is 1. The Hall–Kier alpha value is -2.61. The van der Waals surface area contributed by atoms with E-state index in [4.69, 9.17) is 5.26 Å². The summed E-state index contributed by atoms with van der Waals surface area (Å²) >= 11 is 0. The molecule has 21 heavy (non-hydrogen) atoms. The normalized spacial score (nSPS) is 9.95. The van der Waals surface area contributed by atoms with Gasteiger partial charge in [-0.05, 0) is 12.1 Å². The van der Waals surface area contributed by atoms with E-state index in [-0.39, 0.29) is 0 Å². The summed E-state index contributed by atoms with van der Waals surface area (Å²) in [5.41, 5.74) is 1.02. The Morgan fingerprint density at radius 2 is 2.00 bits per heavy atom. The van der Waals surface area contributed by atoms with E-state index in [1.165, 1.54) is 0 Å². The van der Waals surface area contributed by atoms with Crippen molar-refractivity contribution in [2.75, 3.05) is 23.8 Å². The predicted octanol–water partition coefficient (Wildman–Crippen LogP) is 3.13. The maximum atomic E-state index is 8.89. The molecule has 0 bridgehead atoms. The molecular weight excluding hydrogens is 262 g/mol. The number of anilines is 3. The number of aromatic nitrogens is 2. The van der Waals surface area contributed by atoms with Crippen molar-refractivity contribution in [1.29, 1.82) is 5.26 Å². The van der Waals surface area contributed by atoms with E-state index in [0.717, 1.165) is 29.6 Å². The lowest BCUT2D eigenvalue weighted by molar-refractivity contribution is 0.882. The van der Waals surface area contributed by atoms with Gasteiger partial charge in [0.1, 0.15) is 17.5 Å². The van der Waals surface area contributed by atoms with Gasteiger partial charge < -0.3 is 10.2 Å². The molecule has 0 aliphatic rings. The Bertz CT molecular complexity index is 596. The van der Waals surface area contributed by atoms with Crippen LogP contribution in [0.4, 0.5) is 17.3 Å². The number of benzene rings is 1. The number of hydrogen-bond donors (Lipinski definition) is 1. The fourth-order valence-electron chi connectivity index (χ4n) is 2.05. The molecule has 5 heteroatoms. The van der Waals surface area contributed by atoms with Crippen LogP contribution in [0.15, 0.2) is 36.4 Å². The van der Waals surface area contributed by atoms with Crippen LogP contribution in [0.1, 0.15) is 19.2 Å². The second-order valence-electron chi connectivity index (χ2n) is 4.53. The highest BCUT2D eigenvalue weighted by Gasteiger charge is 2.12. The molecule has 0 atom stereocenters. The van der Waals surface area contributed by atoms with Crippen LogP contribution in [-0.4, -0.2) is 23.6 Å². The fraction of sp³-hybridized carbons (Fsp3) is 0.312. The second-order valence-corrected chi connectivity index (χ2v) is 4.53. The van der Waals surface area contributed by atoms with Gasteiger partial charge in [0.25, 0.3) is 0 Å². The third-order valence-electron chi connectivity index (χ3n) is 3.12. The first-order chi connectivity index (χ1) is 10.3. The fourth-order valence-corrected chi connectivity index (χ4v) is 2.05. The number of hydrogen-bond acceptors (Lipinski definition) is 5. The van der Waals surface area contributed by atoms with Crippen molar-refractivity contribution in [2.45, 2.75) is 19.8 Å². The highest BCUT2D eigenvalue weighted by atomic mass is 15.2. The molecule has 2 aromatic rings. The highest BCUT2D eigenvalue weighted by molar-refractivity contribution is 5.62. The molecule has 0 aliphatic carbocycles.